The van der Waals surface area contributed by atoms with Gasteiger partial charge in [0.1, 0.15) is 0 Å². The number of hydrogen-bond donors (Lipinski definition) is 1. The van der Waals surface area contributed by atoms with E-state index in [2.05, 4.69) is 17.3 Å². The van der Waals surface area contributed by atoms with Crippen molar-refractivity contribution in [2.45, 2.75) is 76.3 Å². The van der Waals surface area contributed by atoms with Crippen molar-refractivity contribution in [2.24, 2.45) is 0 Å². The van der Waals surface area contributed by atoms with E-state index in [1.54, 1.807) is 0 Å². The van der Waals surface area contributed by atoms with E-state index < -0.39 is 0 Å². The topological polar surface area (TPSA) is 15.3 Å². The summed E-state index contributed by atoms with van der Waals surface area (Å²) in [5, 5.41) is 3.60. The predicted octanol–water partition coefficient (Wildman–Crippen LogP) is 3.17. The second-order valence-electron chi connectivity index (χ2n) is 6.06. The highest BCUT2D eigenvalue weighted by atomic mass is 15.1. The van der Waals surface area contributed by atoms with Crippen LogP contribution in [-0.4, -0.2) is 37.1 Å². The molecule has 2 nitrogen and oxygen atoms in total. The molecule has 0 bridgehead atoms. The van der Waals surface area contributed by atoms with Crippen LogP contribution in [0.25, 0.3) is 0 Å². The Kier molecular flexibility index (Phi) is 5.79. The average Bonchev–Trinajstić information content (AvgIpc) is 2.69. The SMILES string of the molecule is CN(CCCC1CCCN1)C1CCCCCC1. The van der Waals surface area contributed by atoms with Gasteiger partial charge in [-0.15, -0.1) is 0 Å². The van der Waals surface area contributed by atoms with Crippen LogP contribution in [0.2, 0.25) is 0 Å². The normalized spacial score (nSPS) is 27.5. The van der Waals surface area contributed by atoms with E-state index in [-0.39, 0.29) is 0 Å². The van der Waals surface area contributed by atoms with Crippen LogP contribution < -0.4 is 5.32 Å². The van der Waals surface area contributed by atoms with Gasteiger partial charge in [-0.1, -0.05) is 25.7 Å². The lowest BCUT2D eigenvalue weighted by atomic mass is 10.1. The van der Waals surface area contributed by atoms with Gasteiger partial charge in [-0.05, 0) is 58.7 Å². The zero-order chi connectivity index (χ0) is 11.9. The maximum absolute atomic E-state index is 3.60. The molecule has 1 heterocycles. The molecule has 1 aliphatic heterocycles. The van der Waals surface area contributed by atoms with Crippen LogP contribution in [0, 0.1) is 0 Å². The molecule has 1 saturated carbocycles. The molecule has 1 unspecified atom stereocenters. The Morgan fingerprint density at radius 2 is 1.76 bits per heavy atom. The fraction of sp³-hybridized carbons (Fsp3) is 1.00. The largest absolute Gasteiger partial charge is 0.314 e. The van der Waals surface area contributed by atoms with Crippen molar-refractivity contribution >= 4 is 0 Å². The Morgan fingerprint density at radius 1 is 1.00 bits per heavy atom. The first kappa shape index (κ1) is 13.4. The summed E-state index contributed by atoms with van der Waals surface area (Å²) in [5.74, 6) is 0. The Bertz CT molecular complexity index is 191. The van der Waals surface area contributed by atoms with Crippen LogP contribution in [0.5, 0.6) is 0 Å². The van der Waals surface area contributed by atoms with Crippen molar-refractivity contribution in [1.29, 1.82) is 0 Å². The maximum Gasteiger partial charge on any atom is 0.00922 e. The fourth-order valence-electron chi connectivity index (χ4n) is 3.47. The van der Waals surface area contributed by atoms with Gasteiger partial charge in [-0.3, -0.25) is 0 Å². The van der Waals surface area contributed by atoms with Crippen molar-refractivity contribution in [1.82, 2.24) is 10.2 Å². The van der Waals surface area contributed by atoms with Crippen LogP contribution in [0.1, 0.15) is 64.2 Å². The minimum absolute atomic E-state index is 0.831. The van der Waals surface area contributed by atoms with E-state index in [4.69, 9.17) is 0 Å². The zero-order valence-corrected chi connectivity index (χ0v) is 11.6. The minimum atomic E-state index is 0.831. The number of nitrogens with zero attached hydrogens (tertiary/aromatic N) is 1. The molecule has 17 heavy (non-hydrogen) atoms. The third-order valence-electron chi connectivity index (χ3n) is 4.67. The summed E-state index contributed by atoms with van der Waals surface area (Å²) >= 11 is 0. The molecule has 2 aliphatic rings. The second kappa shape index (κ2) is 7.38. The molecule has 0 radical (unpaired) electrons. The van der Waals surface area contributed by atoms with Crippen LogP contribution in [0.4, 0.5) is 0 Å². The van der Waals surface area contributed by atoms with Gasteiger partial charge < -0.3 is 10.2 Å². The molecule has 2 rings (SSSR count). The smallest absolute Gasteiger partial charge is 0.00922 e. The van der Waals surface area contributed by atoms with Crippen LogP contribution in [-0.2, 0) is 0 Å². The molecule has 2 fully saturated rings. The summed E-state index contributed by atoms with van der Waals surface area (Å²) in [6.45, 7) is 2.56. The maximum atomic E-state index is 3.60. The lowest BCUT2D eigenvalue weighted by Crippen LogP contribution is -2.33. The summed E-state index contributed by atoms with van der Waals surface area (Å²) in [6.07, 6.45) is 14.3. The van der Waals surface area contributed by atoms with E-state index in [9.17, 15) is 0 Å². The fourth-order valence-corrected chi connectivity index (χ4v) is 3.47. The quantitative estimate of drug-likeness (QED) is 0.740. The van der Waals surface area contributed by atoms with E-state index in [1.807, 2.05) is 0 Å². The highest BCUT2D eigenvalue weighted by Crippen LogP contribution is 2.21. The molecule has 0 spiro atoms. The van der Waals surface area contributed by atoms with Crippen molar-refractivity contribution in [3.8, 4) is 0 Å². The molecule has 0 aromatic carbocycles. The van der Waals surface area contributed by atoms with Gasteiger partial charge in [0.25, 0.3) is 0 Å². The van der Waals surface area contributed by atoms with Gasteiger partial charge in [0.05, 0.1) is 0 Å². The van der Waals surface area contributed by atoms with Crippen LogP contribution in [0.15, 0.2) is 0 Å². The Morgan fingerprint density at radius 3 is 2.41 bits per heavy atom. The second-order valence-corrected chi connectivity index (χ2v) is 6.06. The van der Waals surface area contributed by atoms with Gasteiger partial charge in [0.15, 0.2) is 0 Å². The monoisotopic (exact) mass is 238 g/mol. The Hall–Kier alpha value is -0.0800. The molecular formula is C15H30N2. The van der Waals surface area contributed by atoms with Crippen molar-refractivity contribution in [3.63, 3.8) is 0 Å². The summed E-state index contributed by atoms with van der Waals surface area (Å²) in [6, 6.07) is 1.71. The van der Waals surface area contributed by atoms with Gasteiger partial charge in [0.2, 0.25) is 0 Å². The van der Waals surface area contributed by atoms with Crippen LogP contribution in [0.3, 0.4) is 0 Å². The Labute approximate surface area is 107 Å². The zero-order valence-electron chi connectivity index (χ0n) is 11.6. The van der Waals surface area contributed by atoms with Crippen molar-refractivity contribution < 1.29 is 0 Å². The molecule has 1 aliphatic carbocycles. The standard InChI is InChI=1S/C15H30N2/c1-17(15-10-4-2-3-5-11-15)13-7-9-14-8-6-12-16-14/h14-16H,2-13H2,1H3. The Balaban J connectivity index is 1.60. The van der Waals surface area contributed by atoms with E-state index in [0.29, 0.717) is 0 Å². The molecule has 0 aromatic heterocycles. The first-order valence-electron chi connectivity index (χ1n) is 7.80. The average molecular weight is 238 g/mol. The number of rotatable bonds is 5. The van der Waals surface area contributed by atoms with E-state index >= 15 is 0 Å². The highest BCUT2D eigenvalue weighted by Gasteiger charge is 2.18. The molecule has 1 saturated heterocycles. The summed E-state index contributed by atoms with van der Waals surface area (Å²) in [7, 11) is 2.35. The molecule has 0 aromatic rings. The number of hydrogen-bond acceptors (Lipinski definition) is 2. The summed E-state index contributed by atoms with van der Waals surface area (Å²) in [4.78, 5) is 2.64. The summed E-state index contributed by atoms with van der Waals surface area (Å²) in [5.41, 5.74) is 0. The first-order valence-corrected chi connectivity index (χ1v) is 7.80. The number of nitrogens with one attached hydrogen (secondary N) is 1. The van der Waals surface area contributed by atoms with Gasteiger partial charge >= 0.3 is 0 Å². The molecular weight excluding hydrogens is 208 g/mol. The first-order chi connectivity index (χ1) is 8.36. The predicted molar refractivity (Wildman–Crippen MR) is 74.4 cm³/mol. The molecule has 1 atom stereocenters. The van der Waals surface area contributed by atoms with Gasteiger partial charge in [-0.25, -0.2) is 0 Å². The molecule has 0 amide bonds. The third kappa shape index (κ3) is 4.59. The lowest BCUT2D eigenvalue weighted by molar-refractivity contribution is 0.215. The van der Waals surface area contributed by atoms with Gasteiger partial charge in [0, 0.05) is 12.1 Å². The van der Waals surface area contributed by atoms with Crippen molar-refractivity contribution in [3.05, 3.63) is 0 Å². The molecule has 100 valence electrons. The van der Waals surface area contributed by atoms with E-state index in [1.165, 1.54) is 77.3 Å². The highest BCUT2D eigenvalue weighted by molar-refractivity contribution is 4.76. The summed E-state index contributed by atoms with van der Waals surface area (Å²) < 4.78 is 0. The van der Waals surface area contributed by atoms with Crippen molar-refractivity contribution in [2.75, 3.05) is 20.1 Å². The van der Waals surface area contributed by atoms with Gasteiger partial charge in [-0.2, -0.15) is 0 Å². The lowest BCUT2D eigenvalue weighted by Gasteiger charge is -2.27. The van der Waals surface area contributed by atoms with E-state index in [0.717, 1.165) is 12.1 Å². The third-order valence-corrected chi connectivity index (χ3v) is 4.67. The minimum Gasteiger partial charge on any atom is -0.314 e. The van der Waals surface area contributed by atoms with Crippen LogP contribution >= 0.6 is 0 Å². The molecule has 2 heteroatoms. The molecule has 1 N–H and O–H groups in total.